The van der Waals surface area contributed by atoms with E-state index in [0.29, 0.717) is 12.5 Å². The van der Waals surface area contributed by atoms with Crippen molar-refractivity contribution < 1.29 is 9.47 Å². The molecule has 2 heterocycles. The number of pyridine rings is 1. The number of H-pyrrole nitrogens is 1. The number of nitrogens with one attached hydrogen (secondary N) is 1. The van der Waals surface area contributed by atoms with E-state index >= 15 is 0 Å². The van der Waals surface area contributed by atoms with E-state index in [0.717, 1.165) is 43.5 Å². The molecule has 1 fully saturated rings. The van der Waals surface area contributed by atoms with Crippen LogP contribution in [0.25, 0.3) is 0 Å². The number of aromatic amines is 1. The summed E-state index contributed by atoms with van der Waals surface area (Å²) in [6.45, 7) is 5.50. The molecule has 1 aliphatic rings. The quantitative estimate of drug-likeness (QED) is 0.577. The summed E-state index contributed by atoms with van der Waals surface area (Å²) in [7, 11) is 0. The van der Waals surface area contributed by atoms with Gasteiger partial charge in [-0.1, -0.05) is 45.4 Å². The van der Waals surface area contributed by atoms with Gasteiger partial charge in [0.2, 0.25) is 0 Å². The number of aryl methyl sites for hydroxylation is 1. The number of unbranched alkanes of at least 4 members (excludes halogenated alkanes) is 6. The largest absolute Gasteiger partial charge is 0.476 e. The molecule has 0 radical (unpaired) electrons. The van der Waals surface area contributed by atoms with E-state index in [2.05, 4.69) is 11.9 Å². The Balaban J connectivity index is 1.79. The molecule has 4 heteroatoms. The van der Waals surface area contributed by atoms with Gasteiger partial charge in [-0.15, -0.1) is 0 Å². The smallest absolute Gasteiger partial charge is 0.194 e. The van der Waals surface area contributed by atoms with Gasteiger partial charge in [-0.05, 0) is 39.0 Å². The Bertz CT molecular complexity index is 547. The maximum atomic E-state index is 12.2. The van der Waals surface area contributed by atoms with Crippen molar-refractivity contribution in [3.05, 3.63) is 27.5 Å². The van der Waals surface area contributed by atoms with E-state index in [9.17, 15) is 4.79 Å². The molecular weight excluding hydrogens is 314 g/mol. The first kappa shape index (κ1) is 20.0. The molecule has 25 heavy (non-hydrogen) atoms. The summed E-state index contributed by atoms with van der Waals surface area (Å²) in [4.78, 5) is 15.5. The lowest BCUT2D eigenvalue weighted by molar-refractivity contribution is -0.0120. The molecule has 1 aliphatic heterocycles. The third-order valence-corrected chi connectivity index (χ3v) is 5.09. The summed E-state index contributed by atoms with van der Waals surface area (Å²) < 4.78 is 11.5. The zero-order chi connectivity index (χ0) is 17.9. The molecule has 2 rings (SSSR count). The SMILES string of the molecule is CCCCCCCCCc1[nH]c(OCC2CCCCO2)cc(=O)c1C. The Labute approximate surface area is 152 Å². The van der Waals surface area contributed by atoms with Gasteiger partial charge in [0.15, 0.2) is 11.3 Å². The van der Waals surface area contributed by atoms with E-state index in [1.54, 1.807) is 6.07 Å². The van der Waals surface area contributed by atoms with Crippen LogP contribution in [0.4, 0.5) is 0 Å². The summed E-state index contributed by atoms with van der Waals surface area (Å²) in [5, 5.41) is 0. The molecule has 0 saturated carbocycles. The average Bonchev–Trinajstić information content (AvgIpc) is 2.63. The molecule has 1 aromatic rings. The Kier molecular flexibility index (Phi) is 9.09. The first-order valence-electron chi connectivity index (χ1n) is 10.2. The van der Waals surface area contributed by atoms with Crippen LogP contribution in [0, 0.1) is 6.92 Å². The molecule has 0 amide bonds. The Morgan fingerprint density at radius 1 is 1.16 bits per heavy atom. The standard InChI is InChI=1S/C21H35NO3/c1-3-4-5-6-7-8-9-13-19-17(2)20(23)15-21(22-19)25-16-18-12-10-11-14-24-18/h15,18H,3-14,16H2,1-2H3,(H,22,23). The number of rotatable bonds is 11. The van der Waals surface area contributed by atoms with Crippen molar-refractivity contribution in [1.82, 2.24) is 4.98 Å². The second kappa shape index (κ2) is 11.3. The molecule has 1 saturated heterocycles. The van der Waals surface area contributed by atoms with Crippen LogP contribution < -0.4 is 10.2 Å². The molecule has 4 nitrogen and oxygen atoms in total. The van der Waals surface area contributed by atoms with Gasteiger partial charge >= 0.3 is 0 Å². The van der Waals surface area contributed by atoms with Crippen molar-refractivity contribution in [2.45, 2.75) is 90.6 Å². The van der Waals surface area contributed by atoms with Crippen molar-refractivity contribution in [2.75, 3.05) is 13.2 Å². The van der Waals surface area contributed by atoms with Crippen molar-refractivity contribution in [3.63, 3.8) is 0 Å². The molecule has 1 N–H and O–H groups in total. The highest BCUT2D eigenvalue weighted by Gasteiger charge is 2.15. The molecule has 1 atom stereocenters. The number of hydrogen-bond acceptors (Lipinski definition) is 3. The minimum absolute atomic E-state index is 0.0660. The maximum absolute atomic E-state index is 12.2. The second-order valence-corrected chi connectivity index (χ2v) is 7.27. The van der Waals surface area contributed by atoms with Gasteiger partial charge in [-0.2, -0.15) is 0 Å². The third kappa shape index (κ3) is 7.23. The highest BCUT2D eigenvalue weighted by Crippen LogP contribution is 2.16. The van der Waals surface area contributed by atoms with Gasteiger partial charge in [0.25, 0.3) is 0 Å². The van der Waals surface area contributed by atoms with E-state index in [4.69, 9.17) is 9.47 Å². The topological polar surface area (TPSA) is 51.3 Å². The zero-order valence-electron chi connectivity index (χ0n) is 16.1. The predicted molar refractivity (Wildman–Crippen MR) is 103 cm³/mol. The summed E-state index contributed by atoms with van der Waals surface area (Å²) in [5.41, 5.74) is 1.92. The average molecular weight is 350 g/mol. The fourth-order valence-corrected chi connectivity index (χ4v) is 3.36. The molecular formula is C21H35NO3. The van der Waals surface area contributed by atoms with Crippen LogP contribution in [-0.2, 0) is 11.2 Å². The number of aromatic nitrogens is 1. The van der Waals surface area contributed by atoms with E-state index in [-0.39, 0.29) is 11.5 Å². The molecule has 0 aliphatic carbocycles. The van der Waals surface area contributed by atoms with Crippen LogP contribution in [0.5, 0.6) is 5.88 Å². The lowest BCUT2D eigenvalue weighted by Gasteiger charge is -2.22. The van der Waals surface area contributed by atoms with Crippen molar-refractivity contribution in [2.24, 2.45) is 0 Å². The molecule has 0 spiro atoms. The molecule has 1 unspecified atom stereocenters. The number of ether oxygens (including phenoxy) is 2. The summed E-state index contributed by atoms with van der Waals surface area (Å²) in [6.07, 6.45) is 13.4. The third-order valence-electron chi connectivity index (χ3n) is 5.09. The minimum atomic E-state index is 0.0660. The lowest BCUT2D eigenvalue weighted by Crippen LogP contribution is -2.26. The van der Waals surface area contributed by atoms with Crippen LogP contribution in [0.15, 0.2) is 10.9 Å². The first-order chi connectivity index (χ1) is 12.2. The normalized spacial score (nSPS) is 17.6. The Hall–Kier alpha value is -1.29. The highest BCUT2D eigenvalue weighted by atomic mass is 16.5. The zero-order valence-corrected chi connectivity index (χ0v) is 16.1. The summed E-state index contributed by atoms with van der Waals surface area (Å²) >= 11 is 0. The first-order valence-corrected chi connectivity index (χ1v) is 10.2. The molecule has 0 bridgehead atoms. The van der Waals surface area contributed by atoms with Crippen LogP contribution in [-0.4, -0.2) is 24.3 Å². The lowest BCUT2D eigenvalue weighted by atomic mass is 10.0. The highest BCUT2D eigenvalue weighted by molar-refractivity contribution is 5.25. The molecule has 0 aromatic carbocycles. The maximum Gasteiger partial charge on any atom is 0.194 e. The predicted octanol–water partition coefficient (Wildman–Crippen LogP) is 4.92. The van der Waals surface area contributed by atoms with E-state index in [1.165, 1.54) is 44.9 Å². The molecule has 1 aromatic heterocycles. The summed E-state index contributed by atoms with van der Waals surface area (Å²) in [6, 6.07) is 1.58. The second-order valence-electron chi connectivity index (χ2n) is 7.27. The van der Waals surface area contributed by atoms with Crippen LogP contribution in [0.1, 0.15) is 82.4 Å². The fourth-order valence-electron chi connectivity index (χ4n) is 3.36. The van der Waals surface area contributed by atoms with E-state index < -0.39 is 0 Å². The fraction of sp³-hybridized carbons (Fsp3) is 0.762. The van der Waals surface area contributed by atoms with Crippen molar-refractivity contribution >= 4 is 0 Å². The molecule has 142 valence electrons. The van der Waals surface area contributed by atoms with Gasteiger partial charge in [-0.3, -0.25) is 4.79 Å². The monoisotopic (exact) mass is 349 g/mol. The minimum Gasteiger partial charge on any atom is -0.476 e. The van der Waals surface area contributed by atoms with Crippen molar-refractivity contribution in [3.8, 4) is 5.88 Å². The van der Waals surface area contributed by atoms with Crippen LogP contribution in [0.3, 0.4) is 0 Å². The Morgan fingerprint density at radius 2 is 1.92 bits per heavy atom. The van der Waals surface area contributed by atoms with Crippen LogP contribution >= 0.6 is 0 Å². The van der Waals surface area contributed by atoms with Gasteiger partial charge in [-0.25, -0.2) is 0 Å². The number of hydrogen-bond donors (Lipinski definition) is 1. The van der Waals surface area contributed by atoms with E-state index in [1.807, 2.05) is 6.92 Å². The Morgan fingerprint density at radius 3 is 2.64 bits per heavy atom. The van der Waals surface area contributed by atoms with Crippen molar-refractivity contribution in [1.29, 1.82) is 0 Å². The van der Waals surface area contributed by atoms with Gasteiger partial charge < -0.3 is 14.5 Å². The van der Waals surface area contributed by atoms with Crippen LogP contribution in [0.2, 0.25) is 0 Å². The van der Waals surface area contributed by atoms with Gasteiger partial charge in [0, 0.05) is 23.9 Å². The van der Waals surface area contributed by atoms with Gasteiger partial charge in [0.1, 0.15) is 6.61 Å². The van der Waals surface area contributed by atoms with Gasteiger partial charge in [0.05, 0.1) is 6.10 Å². The summed E-state index contributed by atoms with van der Waals surface area (Å²) in [5.74, 6) is 0.586.